The number of amides is 1. The van der Waals surface area contributed by atoms with E-state index in [0.717, 1.165) is 43.9 Å². The van der Waals surface area contributed by atoms with E-state index in [9.17, 15) is 4.79 Å². The van der Waals surface area contributed by atoms with E-state index < -0.39 is 0 Å². The summed E-state index contributed by atoms with van der Waals surface area (Å²) in [5.41, 5.74) is 3.19. The molecule has 0 spiro atoms. The van der Waals surface area contributed by atoms with Crippen molar-refractivity contribution in [3.05, 3.63) is 54.4 Å². The highest BCUT2D eigenvalue weighted by Crippen LogP contribution is 2.26. The molecular weight excluding hydrogens is 374 g/mol. The van der Waals surface area contributed by atoms with Gasteiger partial charge in [0.2, 0.25) is 5.91 Å². The summed E-state index contributed by atoms with van der Waals surface area (Å²) in [4.78, 5) is 23.7. The highest BCUT2D eigenvalue weighted by Gasteiger charge is 2.30. The van der Waals surface area contributed by atoms with Gasteiger partial charge in [0.25, 0.3) is 0 Å². The van der Waals surface area contributed by atoms with Gasteiger partial charge in [-0.1, -0.05) is 12.1 Å². The minimum absolute atomic E-state index is 0.0906. The van der Waals surface area contributed by atoms with E-state index in [1.54, 1.807) is 0 Å². The number of pyridine rings is 1. The van der Waals surface area contributed by atoms with Crippen LogP contribution in [0.15, 0.2) is 48.8 Å². The van der Waals surface area contributed by atoms with E-state index in [4.69, 9.17) is 0 Å². The minimum Gasteiger partial charge on any atom is -0.378 e. The molecular formula is C24H35N5O. The van der Waals surface area contributed by atoms with Crippen LogP contribution < -0.4 is 10.2 Å². The van der Waals surface area contributed by atoms with Gasteiger partial charge in [0.1, 0.15) is 0 Å². The van der Waals surface area contributed by atoms with Gasteiger partial charge in [0, 0.05) is 63.4 Å². The molecule has 6 nitrogen and oxygen atoms in total. The highest BCUT2D eigenvalue weighted by atomic mass is 16.1. The number of rotatable bonds is 8. The number of anilines is 2. The van der Waals surface area contributed by atoms with Crippen LogP contribution in [0.1, 0.15) is 24.8 Å². The van der Waals surface area contributed by atoms with Crippen molar-refractivity contribution >= 4 is 17.3 Å². The second-order valence-electron chi connectivity index (χ2n) is 8.71. The molecule has 2 aromatic rings. The van der Waals surface area contributed by atoms with Gasteiger partial charge < -0.3 is 15.1 Å². The summed E-state index contributed by atoms with van der Waals surface area (Å²) < 4.78 is 0. The molecule has 1 aromatic heterocycles. The van der Waals surface area contributed by atoms with Crippen LogP contribution in [-0.2, 0) is 11.3 Å². The summed E-state index contributed by atoms with van der Waals surface area (Å²) in [6, 6.07) is 12.6. The topological polar surface area (TPSA) is 51.7 Å². The Balaban J connectivity index is 1.56. The molecule has 2 atom stereocenters. The van der Waals surface area contributed by atoms with Gasteiger partial charge in [-0.3, -0.25) is 14.7 Å². The molecule has 2 heterocycles. The first-order chi connectivity index (χ1) is 14.4. The van der Waals surface area contributed by atoms with E-state index in [1.165, 1.54) is 5.56 Å². The lowest BCUT2D eigenvalue weighted by molar-refractivity contribution is -0.116. The van der Waals surface area contributed by atoms with E-state index in [2.05, 4.69) is 40.3 Å². The zero-order valence-corrected chi connectivity index (χ0v) is 18.7. The highest BCUT2D eigenvalue weighted by molar-refractivity contribution is 5.91. The molecule has 0 radical (unpaired) electrons. The fourth-order valence-corrected chi connectivity index (χ4v) is 4.35. The quantitative estimate of drug-likeness (QED) is 0.725. The molecule has 6 heteroatoms. The molecule has 1 saturated heterocycles. The summed E-state index contributed by atoms with van der Waals surface area (Å²) in [5.74, 6) is 0.567. The maximum absolute atomic E-state index is 12.6. The van der Waals surface area contributed by atoms with Crippen LogP contribution in [0.5, 0.6) is 0 Å². The van der Waals surface area contributed by atoms with Gasteiger partial charge in [0.15, 0.2) is 0 Å². The standard InChI is InChI=1S/C24H35N5O/c1-27(2)22-9-5-8-21(15-22)26-24(30)11-10-20-18-29(14-12-23(20)28(3)4)17-19-7-6-13-25-16-19/h5-9,13,15-16,20,23H,10-12,14,17-18H2,1-4H3,(H,26,30)/t20-,23+/m0/s1. The number of benzene rings is 1. The molecule has 0 bridgehead atoms. The third-order valence-corrected chi connectivity index (χ3v) is 5.96. The van der Waals surface area contributed by atoms with Gasteiger partial charge in [-0.15, -0.1) is 0 Å². The number of carbonyl (C=O) groups excluding carboxylic acids is 1. The Morgan fingerprint density at radius 3 is 2.73 bits per heavy atom. The maximum atomic E-state index is 12.6. The summed E-state index contributed by atoms with van der Waals surface area (Å²) >= 11 is 0. The second kappa shape index (κ2) is 10.5. The summed E-state index contributed by atoms with van der Waals surface area (Å²) in [7, 11) is 8.31. The Kier molecular flexibility index (Phi) is 7.82. The van der Waals surface area contributed by atoms with Crippen molar-refractivity contribution < 1.29 is 4.79 Å². The van der Waals surface area contributed by atoms with Crippen LogP contribution in [0.25, 0.3) is 0 Å². The molecule has 1 amide bonds. The van der Waals surface area contributed by atoms with Gasteiger partial charge in [0.05, 0.1) is 0 Å². The van der Waals surface area contributed by atoms with Crippen LogP contribution in [0, 0.1) is 5.92 Å². The fourth-order valence-electron chi connectivity index (χ4n) is 4.35. The molecule has 0 aliphatic carbocycles. The molecule has 1 aliphatic rings. The molecule has 1 aromatic carbocycles. The van der Waals surface area contributed by atoms with Crippen LogP contribution in [0.3, 0.4) is 0 Å². The SMILES string of the molecule is CN(C)c1cccc(NC(=O)CC[C@H]2CN(Cc3cccnc3)CC[C@H]2N(C)C)c1. The molecule has 0 saturated carbocycles. The lowest BCUT2D eigenvalue weighted by Gasteiger charge is -2.41. The van der Waals surface area contributed by atoms with Crippen molar-refractivity contribution in [3.8, 4) is 0 Å². The Morgan fingerprint density at radius 2 is 2.03 bits per heavy atom. The van der Waals surface area contributed by atoms with Crippen molar-refractivity contribution in [2.24, 2.45) is 5.92 Å². The zero-order chi connectivity index (χ0) is 21.5. The average molecular weight is 410 g/mol. The fraction of sp³-hybridized carbons (Fsp3) is 0.500. The first-order valence-electron chi connectivity index (χ1n) is 10.8. The van der Waals surface area contributed by atoms with Gasteiger partial charge >= 0.3 is 0 Å². The number of piperidine rings is 1. The number of likely N-dealkylation sites (tertiary alicyclic amines) is 1. The number of aromatic nitrogens is 1. The smallest absolute Gasteiger partial charge is 0.224 e. The van der Waals surface area contributed by atoms with E-state index in [-0.39, 0.29) is 5.91 Å². The number of nitrogens with one attached hydrogen (secondary N) is 1. The van der Waals surface area contributed by atoms with Crippen LogP contribution in [-0.4, -0.2) is 68.0 Å². The Bertz CT molecular complexity index is 808. The first kappa shape index (κ1) is 22.2. The zero-order valence-electron chi connectivity index (χ0n) is 18.7. The Hall–Kier alpha value is -2.44. The average Bonchev–Trinajstić information content (AvgIpc) is 2.73. The predicted octanol–water partition coefficient (Wildman–Crippen LogP) is 3.32. The Morgan fingerprint density at radius 1 is 1.20 bits per heavy atom. The molecule has 30 heavy (non-hydrogen) atoms. The van der Waals surface area contributed by atoms with Crippen molar-refractivity contribution in [2.75, 3.05) is 51.5 Å². The number of carbonyl (C=O) groups is 1. The van der Waals surface area contributed by atoms with Crippen LogP contribution in [0.2, 0.25) is 0 Å². The predicted molar refractivity (Wildman–Crippen MR) is 124 cm³/mol. The number of hydrogen-bond donors (Lipinski definition) is 1. The summed E-state index contributed by atoms with van der Waals surface area (Å²) in [5, 5.41) is 3.07. The lowest BCUT2D eigenvalue weighted by atomic mass is 9.87. The maximum Gasteiger partial charge on any atom is 0.224 e. The molecule has 162 valence electrons. The van der Waals surface area contributed by atoms with E-state index in [1.807, 2.05) is 61.7 Å². The van der Waals surface area contributed by atoms with Crippen LogP contribution in [0.4, 0.5) is 11.4 Å². The first-order valence-corrected chi connectivity index (χ1v) is 10.8. The Labute approximate surface area is 180 Å². The molecule has 1 fully saturated rings. The molecule has 1 N–H and O–H groups in total. The van der Waals surface area contributed by atoms with Crippen molar-refractivity contribution in [1.29, 1.82) is 0 Å². The van der Waals surface area contributed by atoms with Gasteiger partial charge in [-0.05, 0) is 69.2 Å². The number of nitrogens with zero attached hydrogens (tertiary/aromatic N) is 4. The van der Waals surface area contributed by atoms with E-state index >= 15 is 0 Å². The van der Waals surface area contributed by atoms with Crippen molar-refractivity contribution in [1.82, 2.24) is 14.8 Å². The minimum atomic E-state index is 0.0906. The normalized spacial score (nSPS) is 19.6. The molecule has 3 rings (SSSR count). The van der Waals surface area contributed by atoms with Crippen molar-refractivity contribution in [2.45, 2.75) is 31.8 Å². The number of hydrogen-bond acceptors (Lipinski definition) is 5. The second-order valence-corrected chi connectivity index (χ2v) is 8.71. The van der Waals surface area contributed by atoms with E-state index in [0.29, 0.717) is 18.4 Å². The van der Waals surface area contributed by atoms with Crippen molar-refractivity contribution in [3.63, 3.8) is 0 Å². The van der Waals surface area contributed by atoms with Gasteiger partial charge in [-0.2, -0.15) is 0 Å². The third kappa shape index (κ3) is 6.28. The molecule has 0 unspecified atom stereocenters. The monoisotopic (exact) mass is 409 g/mol. The third-order valence-electron chi connectivity index (χ3n) is 5.96. The summed E-state index contributed by atoms with van der Waals surface area (Å²) in [6.07, 6.45) is 6.33. The largest absolute Gasteiger partial charge is 0.378 e. The van der Waals surface area contributed by atoms with Crippen LogP contribution >= 0.6 is 0 Å². The molecule has 1 aliphatic heterocycles. The summed E-state index contributed by atoms with van der Waals surface area (Å²) in [6.45, 7) is 3.02. The van der Waals surface area contributed by atoms with Gasteiger partial charge in [-0.25, -0.2) is 0 Å². The lowest BCUT2D eigenvalue weighted by Crippen LogP contribution is -2.48.